The number of Topliss-reactive ketones (excluding diaryl/α,β-unsaturated/α-hetero) is 2. The van der Waals surface area contributed by atoms with Gasteiger partial charge in [-0.25, -0.2) is 0 Å². The fourth-order valence-corrected chi connectivity index (χ4v) is 2.43. The minimum absolute atomic E-state index is 0.145. The Labute approximate surface area is 137 Å². The molecule has 0 amide bonds. The van der Waals surface area contributed by atoms with E-state index in [9.17, 15) is 9.59 Å². The van der Waals surface area contributed by atoms with Crippen molar-refractivity contribution in [1.29, 1.82) is 0 Å². The van der Waals surface area contributed by atoms with Crippen molar-refractivity contribution in [3.63, 3.8) is 0 Å². The lowest BCUT2D eigenvalue weighted by molar-refractivity contribution is 0.0820. The van der Waals surface area contributed by atoms with Crippen LogP contribution in [0.4, 0.5) is 0 Å². The van der Waals surface area contributed by atoms with E-state index in [1.54, 1.807) is 44.4 Å². The van der Waals surface area contributed by atoms with Gasteiger partial charge in [0.05, 0.1) is 13.0 Å². The molecule has 0 fully saturated rings. The Balaban J connectivity index is 2.21. The van der Waals surface area contributed by atoms with Crippen LogP contribution in [0, 0.1) is 5.92 Å². The summed E-state index contributed by atoms with van der Waals surface area (Å²) in [5.74, 6) is 0.00670. The molecule has 0 saturated carbocycles. The molecular formula is C20H22O3. The summed E-state index contributed by atoms with van der Waals surface area (Å²) in [6.07, 6.45) is 0. The number of hydrogen-bond acceptors (Lipinski definition) is 3. The van der Waals surface area contributed by atoms with Gasteiger partial charge in [-0.2, -0.15) is 0 Å². The van der Waals surface area contributed by atoms with E-state index in [1.807, 2.05) is 18.2 Å². The molecule has 0 heterocycles. The Morgan fingerprint density at radius 1 is 0.870 bits per heavy atom. The predicted molar refractivity (Wildman–Crippen MR) is 91.4 cm³/mol. The number of carbonyl (C=O) groups excluding carboxylic acids is 2. The van der Waals surface area contributed by atoms with Crippen LogP contribution < -0.4 is 4.74 Å². The number of benzene rings is 2. The molecule has 2 aromatic carbocycles. The van der Waals surface area contributed by atoms with Gasteiger partial charge >= 0.3 is 0 Å². The first-order chi connectivity index (χ1) is 10.9. The molecule has 0 radical (unpaired) electrons. The molecule has 0 spiro atoms. The summed E-state index contributed by atoms with van der Waals surface area (Å²) in [6, 6.07) is 14.3. The lowest BCUT2D eigenvalue weighted by Crippen LogP contribution is -2.21. The van der Waals surface area contributed by atoms with Crippen molar-refractivity contribution in [2.24, 2.45) is 5.92 Å². The Hall–Kier alpha value is -2.42. The third-order valence-corrected chi connectivity index (χ3v) is 4.00. The predicted octanol–water partition coefficient (Wildman–Crippen LogP) is 4.52. The van der Waals surface area contributed by atoms with Gasteiger partial charge in [-0.15, -0.1) is 0 Å². The first-order valence-corrected chi connectivity index (χ1v) is 7.76. The Morgan fingerprint density at radius 2 is 1.48 bits per heavy atom. The van der Waals surface area contributed by atoms with Crippen molar-refractivity contribution in [3.05, 3.63) is 65.2 Å². The highest BCUT2D eigenvalue weighted by molar-refractivity contribution is 6.15. The topological polar surface area (TPSA) is 43.4 Å². The number of ketones is 2. The number of methoxy groups -OCH3 is 1. The summed E-state index contributed by atoms with van der Waals surface area (Å²) < 4.78 is 5.08. The summed E-state index contributed by atoms with van der Waals surface area (Å²) in [4.78, 5) is 25.1. The highest BCUT2D eigenvalue weighted by Crippen LogP contribution is 2.20. The van der Waals surface area contributed by atoms with Crippen LogP contribution in [0.15, 0.2) is 48.5 Å². The zero-order valence-corrected chi connectivity index (χ0v) is 14.0. The van der Waals surface area contributed by atoms with E-state index in [1.165, 1.54) is 0 Å². The fraction of sp³-hybridized carbons (Fsp3) is 0.300. The van der Waals surface area contributed by atoms with E-state index in [0.717, 1.165) is 5.56 Å². The lowest BCUT2D eigenvalue weighted by atomic mass is 9.90. The first-order valence-electron chi connectivity index (χ1n) is 7.76. The zero-order valence-electron chi connectivity index (χ0n) is 14.0. The normalized spacial score (nSPS) is 12.0. The van der Waals surface area contributed by atoms with Crippen LogP contribution >= 0.6 is 0 Å². The molecule has 3 heteroatoms. The maximum atomic E-state index is 12.6. The van der Waals surface area contributed by atoms with E-state index in [0.29, 0.717) is 22.8 Å². The van der Waals surface area contributed by atoms with Crippen LogP contribution in [0.25, 0.3) is 0 Å². The molecule has 1 unspecified atom stereocenters. The Bertz CT molecular complexity index is 699. The maximum Gasteiger partial charge on any atom is 0.173 e. The molecule has 0 aliphatic rings. The van der Waals surface area contributed by atoms with Gasteiger partial charge in [0.2, 0.25) is 0 Å². The van der Waals surface area contributed by atoms with Crippen molar-refractivity contribution in [2.75, 3.05) is 7.11 Å². The molecule has 0 aromatic heterocycles. The summed E-state index contributed by atoms with van der Waals surface area (Å²) >= 11 is 0. The zero-order chi connectivity index (χ0) is 17.0. The van der Waals surface area contributed by atoms with Gasteiger partial charge in [0, 0.05) is 11.1 Å². The third-order valence-electron chi connectivity index (χ3n) is 4.00. The van der Waals surface area contributed by atoms with Crippen LogP contribution in [0.2, 0.25) is 0 Å². The van der Waals surface area contributed by atoms with Crippen LogP contribution in [0.3, 0.4) is 0 Å². The second kappa shape index (κ2) is 7.23. The van der Waals surface area contributed by atoms with E-state index in [2.05, 4.69) is 13.8 Å². The minimum Gasteiger partial charge on any atom is -0.497 e. The SMILES string of the molecule is COc1ccc(C(=O)C(C)C(=O)c2cccc(C(C)C)c2)cc1. The fourth-order valence-electron chi connectivity index (χ4n) is 2.43. The highest BCUT2D eigenvalue weighted by Gasteiger charge is 2.24. The molecule has 0 aliphatic carbocycles. The molecular weight excluding hydrogens is 288 g/mol. The second-order valence-corrected chi connectivity index (χ2v) is 5.96. The quantitative estimate of drug-likeness (QED) is 0.582. The van der Waals surface area contributed by atoms with Crippen molar-refractivity contribution in [3.8, 4) is 5.75 Å². The Morgan fingerprint density at radius 3 is 2.04 bits per heavy atom. The largest absolute Gasteiger partial charge is 0.497 e. The van der Waals surface area contributed by atoms with Gasteiger partial charge in [-0.1, -0.05) is 32.0 Å². The van der Waals surface area contributed by atoms with Gasteiger partial charge in [-0.05, 0) is 48.7 Å². The van der Waals surface area contributed by atoms with Gasteiger partial charge in [0.15, 0.2) is 11.6 Å². The minimum atomic E-state index is -0.703. The van der Waals surface area contributed by atoms with Crippen LogP contribution in [0.1, 0.15) is 53.0 Å². The van der Waals surface area contributed by atoms with E-state index < -0.39 is 5.92 Å². The molecule has 1 atom stereocenters. The highest BCUT2D eigenvalue weighted by atomic mass is 16.5. The van der Waals surface area contributed by atoms with Gasteiger partial charge in [0.1, 0.15) is 5.75 Å². The average molecular weight is 310 g/mol. The van der Waals surface area contributed by atoms with Crippen LogP contribution in [-0.2, 0) is 0 Å². The van der Waals surface area contributed by atoms with E-state index in [4.69, 9.17) is 4.74 Å². The smallest absolute Gasteiger partial charge is 0.173 e. The first kappa shape index (κ1) is 16.9. The summed E-state index contributed by atoms with van der Waals surface area (Å²) in [6.45, 7) is 5.82. The van der Waals surface area contributed by atoms with Gasteiger partial charge < -0.3 is 4.74 Å². The van der Waals surface area contributed by atoms with Crippen molar-refractivity contribution >= 4 is 11.6 Å². The molecule has 0 N–H and O–H groups in total. The summed E-state index contributed by atoms with van der Waals surface area (Å²) in [5.41, 5.74) is 2.21. The number of rotatable bonds is 6. The van der Waals surface area contributed by atoms with E-state index in [-0.39, 0.29) is 11.6 Å². The molecule has 0 bridgehead atoms. The van der Waals surface area contributed by atoms with Crippen molar-refractivity contribution in [1.82, 2.24) is 0 Å². The molecule has 23 heavy (non-hydrogen) atoms. The Kier molecular flexibility index (Phi) is 5.32. The summed E-state index contributed by atoms with van der Waals surface area (Å²) in [7, 11) is 1.57. The standard InChI is InChI=1S/C20H22O3/c1-13(2)16-6-5-7-17(12-16)20(22)14(3)19(21)15-8-10-18(23-4)11-9-15/h5-14H,1-4H3. The van der Waals surface area contributed by atoms with Gasteiger partial charge in [0.25, 0.3) is 0 Å². The number of hydrogen-bond donors (Lipinski definition) is 0. The van der Waals surface area contributed by atoms with Crippen LogP contribution in [0.5, 0.6) is 5.75 Å². The maximum absolute atomic E-state index is 12.6. The van der Waals surface area contributed by atoms with Crippen LogP contribution in [-0.4, -0.2) is 18.7 Å². The third kappa shape index (κ3) is 3.86. The molecule has 0 aliphatic heterocycles. The molecule has 0 saturated heterocycles. The second-order valence-electron chi connectivity index (χ2n) is 5.96. The molecule has 2 rings (SSSR count). The average Bonchev–Trinajstić information content (AvgIpc) is 2.60. The number of ether oxygens (including phenoxy) is 1. The number of carbonyl (C=O) groups is 2. The molecule has 3 nitrogen and oxygen atoms in total. The molecule has 120 valence electrons. The van der Waals surface area contributed by atoms with Gasteiger partial charge in [-0.3, -0.25) is 9.59 Å². The monoisotopic (exact) mass is 310 g/mol. The lowest BCUT2D eigenvalue weighted by Gasteiger charge is -2.12. The van der Waals surface area contributed by atoms with E-state index >= 15 is 0 Å². The molecule has 2 aromatic rings. The van der Waals surface area contributed by atoms with Crippen molar-refractivity contribution in [2.45, 2.75) is 26.7 Å². The summed E-state index contributed by atoms with van der Waals surface area (Å²) in [5, 5.41) is 0. The van der Waals surface area contributed by atoms with Crippen molar-refractivity contribution < 1.29 is 14.3 Å².